The molecule has 164 valence electrons. The van der Waals surface area contributed by atoms with E-state index in [1.165, 1.54) is 18.9 Å². The molecule has 0 bridgehead atoms. The van der Waals surface area contributed by atoms with Gasteiger partial charge in [-0.15, -0.1) is 0 Å². The van der Waals surface area contributed by atoms with Crippen LogP contribution in [0.4, 0.5) is 5.69 Å². The molecule has 2 aliphatic heterocycles. The van der Waals surface area contributed by atoms with Gasteiger partial charge in [-0.1, -0.05) is 48.5 Å². The van der Waals surface area contributed by atoms with E-state index in [2.05, 4.69) is 0 Å². The Labute approximate surface area is 184 Å². The van der Waals surface area contributed by atoms with Crippen LogP contribution in [0.2, 0.25) is 0 Å². The van der Waals surface area contributed by atoms with Crippen molar-refractivity contribution >= 4 is 23.5 Å². The number of carbonyl (C=O) groups is 3. The lowest BCUT2D eigenvalue weighted by atomic mass is 9.67. The molecule has 2 heterocycles. The van der Waals surface area contributed by atoms with E-state index in [9.17, 15) is 14.4 Å². The van der Waals surface area contributed by atoms with Gasteiger partial charge in [-0.25, -0.2) is 9.59 Å². The second-order valence-corrected chi connectivity index (χ2v) is 7.46. The average molecular weight is 434 g/mol. The maximum absolute atomic E-state index is 13.8. The first-order valence-corrected chi connectivity index (χ1v) is 9.90. The zero-order chi connectivity index (χ0) is 23.0. The van der Waals surface area contributed by atoms with E-state index in [0.29, 0.717) is 11.3 Å². The number of amides is 1. The topological polar surface area (TPSA) is 108 Å². The molecule has 0 aliphatic carbocycles. The summed E-state index contributed by atoms with van der Waals surface area (Å²) in [6, 6.07) is 16.0. The number of allylic oxidation sites excluding steroid dienone is 1. The minimum atomic E-state index is -1.85. The Balaban J connectivity index is 1.91. The van der Waals surface area contributed by atoms with Crippen LogP contribution in [0.3, 0.4) is 0 Å². The SMILES string of the molecule is COC(=O)C1=C(N)OC(C)=C(C(=O)OCc2ccccc2)[C@@]12C(=O)N(C)c1ccccc12. The van der Waals surface area contributed by atoms with E-state index in [4.69, 9.17) is 19.9 Å². The molecule has 0 fully saturated rings. The van der Waals surface area contributed by atoms with Crippen molar-refractivity contribution in [2.24, 2.45) is 5.73 Å². The Morgan fingerprint density at radius 3 is 2.38 bits per heavy atom. The lowest BCUT2D eigenvalue weighted by molar-refractivity contribution is -0.143. The Morgan fingerprint density at radius 1 is 1.03 bits per heavy atom. The first-order chi connectivity index (χ1) is 15.3. The van der Waals surface area contributed by atoms with E-state index in [1.807, 2.05) is 30.3 Å². The Bertz CT molecular complexity index is 1180. The van der Waals surface area contributed by atoms with Gasteiger partial charge in [-0.3, -0.25) is 4.79 Å². The van der Waals surface area contributed by atoms with Crippen LogP contribution < -0.4 is 10.6 Å². The second-order valence-electron chi connectivity index (χ2n) is 7.46. The molecule has 2 N–H and O–H groups in total. The number of carbonyl (C=O) groups excluding carboxylic acids is 3. The molecule has 8 nitrogen and oxygen atoms in total. The van der Waals surface area contributed by atoms with Crippen molar-refractivity contribution in [3.05, 3.63) is 88.5 Å². The van der Waals surface area contributed by atoms with Gasteiger partial charge in [0.2, 0.25) is 11.8 Å². The van der Waals surface area contributed by atoms with Gasteiger partial charge in [0.15, 0.2) is 0 Å². The third kappa shape index (κ3) is 2.95. The summed E-state index contributed by atoms with van der Waals surface area (Å²) in [6.07, 6.45) is 0. The van der Waals surface area contributed by atoms with E-state index in [-0.39, 0.29) is 29.4 Å². The molecule has 2 aliphatic rings. The number of likely N-dealkylation sites (N-methyl/N-ethyl adjacent to an activating group) is 1. The third-order valence-corrected chi connectivity index (χ3v) is 5.71. The lowest BCUT2D eigenvalue weighted by Crippen LogP contribution is -2.50. The fourth-order valence-corrected chi connectivity index (χ4v) is 4.33. The summed E-state index contributed by atoms with van der Waals surface area (Å²) in [6.45, 7) is 1.49. The summed E-state index contributed by atoms with van der Waals surface area (Å²) in [4.78, 5) is 41.5. The molecular formula is C24H22N2O6. The quantitative estimate of drug-likeness (QED) is 0.736. The predicted octanol–water partition coefficient (Wildman–Crippen LogP) is 2.29. The maximum atomic E-state index is 13.8. The summed E-state index contributed by atoms with van der Waals surface area (Å²) in [5, 5.41) is 0. The Hall–Kier alpha value is -4.07. The molecule has 0 unspecified atom stereocenters. The summed E-state index contributed by atoms with van der Waals surface area (Å²) in [5.74, 6) is -2.42. The normalized spacial score (nSPS) is 19.7. The number of esters is 2. The van der Waals surface area contributed by atoms with Gasteiger partial charge in [0.25, 0.3) is 0 Å². The molecule has 0 saturated heterocycles. The van der Waals surface area contributed by atoms with Crippen LogP contribution in [0.25, 0.3) is 0 Å². The van der Waals surface area contributed by atoms with Crippen molar-refractivity contribution in [2.45, 2.75) is 18.9 Å². The molecule has 0 radical (unpaired) electrons. The highest BCUT2D eigenvalue weighted by molar-refractivity contribution is 6.22. The summed E-state index contributed by atoms with van der Waals surface area (Å²) in [7, 11) is 2.74. The molecule has 1 atom stereocenters. The number of methoxy groups -OCH3 is 1. The van der Waals surface area contributed by atoms with E-state index in [1.54, 1.807) is 31.3 Å². The molecule has 0 saturated carbocycles. The van der Waals surface area contributed by atoms with Crippen LogP contribution in [0.5, 0.6) is 0 Å². The third-order valence-electron chi connectivity index (χ3n) is 5.71. The minimum Gasteiger partial charge on any atom is -0.465 e. The molecule has 0 aromatic heterocycles. The number of fused-ring (bicyclic) bond motifs is 2. The maximum Gasteiger partial charge on any atom is 0.340 e. The molecule has 2 aromatic rings. The van der Waals surface area contributed by atoms with Gasteiger partial charge in [0.05, 0.1) is 7.11 Å². The summed E-state index contributed by atoms with van der Waals surface area (Å²) in [5.41, 5.74) is 5.61. The second kappa shape index (κ2) is 7.88. The van der Waals surface area contributed by atoms with Crippen molar-refractivity contribution in [3.8, 4) is 0 Å². The van der Waals surface area contributed by atoms with E-state index < -0.39 is 23.3 Å². The van der Waals surface area contributed by atoms with Gasteiger partial charge < -0.3 is 24.8 Å². The van der Waals surface area contributed by atoms with Crippen molar-refractivity contribution in [2.75, 3.05) is 19.1 Å². The van der Waals surface area contributed by atoms with Gasteiger partial charge in [-0.05, 0) is 18.6 Å². The molecule has 1 spiro atoms. The first-order valence-electron chi connectivity index (χ1n) is 9.90. The Kier molecular flexibility index (Phi) is 5.22. The zero-order valence-electron chi connectivity index (χ0n) is 17.9. The van der Waals surface area contributed by atoms with Crippen LogP contribution in [0.1, 0.15) is 18.1 Å². The highest BCUT2D eigenvalue weighted by Gasteiger charge is 2.63. The van der Waals surface area contributed by atoms with Crippen LogP contribution in [-0.4, -0.2) is 32.0 Å². The van der Waals surface area contributed by atoms with Gasteiger partial charge in [-0.2, -0.15) is 0 Å². The largest absolute Gasteiger partial charge is 0.465 e. The highest BCUT2D eigenvalue weighted by atomic mass is 16.5. The molecule has 2 aromatic carbocycles. The standard InChI is InChI=1S/C24H22N2O6/c1-14-18(22(28)31-13-15-9-5-4-6-10-15)24(19(20(25)32-14)21(27)30-3)16-11-7-8-12-17(16)26(2)23(24)29/h4-12H,13,25H2,1-3H3/t24-/m1/s1. The number of rotatable bonds is 4. The number of nitrogens with two attached hydrogens (primary N) is 1. The number of benzene rings is 2. The monoisotopic (exact) mass is 434 g/mol. The van der Waals surface area contributed by atoms with Crippen molar-refractivity contribution in [1.29, 1.82) is 0 Å². The fraction of sp³-hybridized carbons (Fsp3) is 0.208. The number of ether oxygens (including phenoxy) is 3. The van der Waals surface area contributed by atoms with Crippen molar-refractivity contribution < 1.29 is 28.6 Å². The van der Waals surface area contributed by atoms with Gasteiger partial charge in [0, 0.05) is 18.3 Å². The van der Waals surface area contributed by atoms with Crippen LogP contribution in [0, 0.1) is 0 Å². The average Bonchev–Trinajstić information content (AvgIpc) is 3.01. The molecule has 4 rings (SSSR count). The minimum absolute atomic E-state index is 0.0229. The summed E-state index contributed by atoms with van der Waals surface area (Å²) < 4.78 is 16.1. The predicted molar refractivity (Wildman–Crippen MR) is 115 cm³/mol. The Morgan fingerprint density at radius 2 is 1.69 bits per heavy atom. The number of hydrogen-bond acceptors (Lipinski definition) is 7. The van der Waals surface area contributed by atoms with Crippen LogP contribution in [0.15, 0.2) is 77.4 Å². The fourth-order valence-electron chi connectivity index (χ4n) is 4.33. The van der Waals surface area contributed by atoms with Crippen molar-refractivity contribution in [3.63, 3.8) is 0 Å². The number of anilines is 1. The first kappa shape index (κ1) is 21.2. The number of hydrogen-bond donors (Lipinski definition) is 1. The number of para-hydroxylation sites is 1. The van der Waals surface area contributed by atoms with E-state index >= 15 is 0 Å². The van der Waals surface area contributed by atoms with Crippen LogP contribution in [-0.2, 0) is 40.6 Å². The zero-order valence-corrected chi connectivity index (χ0v) is 17.9. The molecular weight excluding hydrogens is 412 g/mol. The summed E-state index contributed by atoms with van der Waals surface area (Å²) >= 11 is 0. The van der Waals surface area contributed by atoms with Gasteiger partial charge >= 0.3 is 11.9 Å². The smallest absolute Gasteiger partial charge is 0.340 e. The molecule has 8 heteroatoms. The lowest BCUT2D eigenvalue weighted by Gasteiger charge is -2.35. The highest BCUT2D eigenvalue weighted by Crippen LogP contribution is 2.54. The molecule has 1 amide bonds. The van der Waals surface area contributed by atoms with Crippen molar-refractivity contribution in [1.82, 2.24) is 0 Å². The molecule has 32 heavy (non-hydrogen) atoms. The van der Waals surface area contributed by atoms with Gasteiger partial charge in [0.1, 0.15) is 28.9 Å². The van der Waals surface area contributed by atoms with E-state index in [0.717, 1.165) is 5.56 Å². The number of nitrogens with zero attached hydrogens (tertiary/aromatic N) is 1. The van der Waals surface area contributed by atoms with Crippen LogP contribution >= 0.6 is 0 Å².